The van der Waals surface area contributed by atoms with E-state index in [4.69, 9.17) is 18.9 Å². The first kappa shape index (κ1) is 21.1. The highest BCUT2D eigenvalue weighted by atomic mass is 16.5. The molecule has 8 nitrogen and oxygen atoms in total. The van der Waals surface area contributed by atoms with Crippen molar-refractivity contribution in [3.63, 3.8) is 0 Å². The first-order valence-electron chi connectivity index (χ1n) is 11.2. The van der Waals surface area contributed by atoms with Gasteiger partial charge in [-0.2, -0.15) is 10.1 Å². The van der Waals surface area contributed by atoms with Crippen molar-refractivity contribution in [2.75, 3.05) is 26.6 Å². The molecule has 2 atom stereocenters. The van der Waals surface area contributed by atoms with Crippen LogP contribution in [0.5, 0.6) is 23.0 Å². The normalized spacial score (nSPS) is 17.9. The van der Waals surface area contributed by atoms with E-state index in [9.17, 15) is 0 Å². The third kappa shape index (κ3) is 3.37. The molecule has 0 radical (unpaired) electrons. The zero-order chi connectivity index (χ0) is 23.9. The van der Waals surface area contributed by atoms with E-state index in [1.165, 1.54) is 0 Å². The number of ether oxygens (including phenoxy) is 4. The van der Waals surface area contributed by atoms with Crippen LogP contribution in [-0.4, -0.2) is 36.1 Å². The van der Waals surface area contributed by atoms with Crippen LogP contribution < -0.4 is 24.3 Å². The van der Waals surface area contributed by atoms with Crippen LogP contribution in [0.4, 0.5) is 5.95 Å². The van der Waals surface area contributed by atoms with Gasteiger partial charge < -0.3 is 24.3 Å². The molecule has 0 amide bonds. The van der Waals surface area contributed by atoms with Crippen molar-refractivity contribution in [1.29, 1.82) is 0 Å². The van der Waals surface area contributed by atoms with Gasteiger partial charge >= 0.3 is 0 Å². The summed E-state index contributed by atoms with van der Waals surface area (Å²) >= 11 is 0. The van der Waals surface area contributed by atoms with Crippen LogP contribution in [0.25, 0.3) is 5.70 Å². The number of rotatable bonds is 5. The van der Waals surface area contributed by atoms with E-state index in [2.05, 4.69) is 15.4 Å². The van der Waals surface area contributed by atoms with Gasteiger partial charge in [-0.1, -0.05) is 24.3 Å². The quantitative estimate of drug-likeness (QED) is 0.448. The Labute approximate surface area is 202 Å². The minimum absolute atomic E-state index is 0.274. The van der Waals surface area contributed by atoms with E-state index in [1.807, 2.05) is 71.4 Å². The maximum absolute atomic E-state index is 6.70. The Kier molecular flexibility index (Phi) is 5.06. The Morgan fingerprint density at radius 2 is 1.66 bits per heavy atom. The summed E-state index contributed by atoms with van der Waals surface area (Å²) in [6, 6.07) is 21.5. The number of nitrogens with one attached hydrogen (secondary N) is 1. The molecule has 1 N–H and O–H groups in total. The van der Waals surface area contributed by atoms with Gasteiger partial charge in [0.25, 0.3) is 0 Å². The molecule has 0 spiro atoms. The fraction of sp³-hybridized carbons (Fsp3) is 0.185. The van der Waals surface area contributed by atoms with Crippen LogP contribution >= 0.6 is 0 Å². The van der Waals surface area contributed by atoms with Gasteiger partial charge in [0, 0.05) is 16.7 Å². The third-order valence-corrected chi connectivity index (χ3v) is 6.47. The summed E-state index contributed by atoms with van der Waals surface area (Å²) in [6.07, 6.45) is 1.09. The van der Waals surface area contributed by atoms with Gasteiger partial charge in [-0.3, -0.25) is 0 Å². The first-order valence-corrected chi connectivity index (χ1v) is 11.2. The molecule has 3 aromatic carbocycles. The average Bonchev–Trinajstić information content (AvgIpc) is 3.39. The van der Waals surface area contributed by atoms with Crippen molar-refractivity contribution in [2.24, 2.45) is 0 Å². The number of nitrogens with zero attached hydrogens (tertiary/aromatic N) is 3. The van der Waals surface area contributed by atoms with Crippen molar-refractivity contribution < 1.29 is 18.9 Å². The van der Waals surface area contributed by atoms with Crippen LogP contribution in [0.15, 0.2) is 78.6 Å². The molecule has 2 aliphatic heterocycles. The lowest BCUT2D eigenvalue weighted by Crippen LogP contribution is -2.32. The van der Waals surface area contributed by atoms with Crippen LogP contribution in [0, 0.1) is 0 Å². The highest BCUT2D eigenvalue weighted by molar-refractivity contribution is 5.85. The number of fused-ring (bicyclic) bond motifs is 3. The second kappa shape index (κ2) is 8.39. The Morgan fingerprint density at radius 3 is 2.43 bits per heavy atom. The molecule has 2 aliphatic rings. The minimum Gasteiger partial charge on any atom is -0.497 e. The smallest absolute Gasteiger partial charge is 0.226 e. The van der Waals surface area contributed by atoms with E-state index in [0.29, 0.717) is 11.7 Å². The maximum Gasteiger partial charge on any atom is 0.226 e. The molecule has 0 fully saturated rings. The maximum atomic E-state index is 6.70. The van der Waals surface area contributed by atoms with E-state index >= 15 is 0 Å². The molecule has 1 aromatic heterocycles. The van der Waals surface area contributed by atoms with Crippen LogP contribution in [0.1, 0.15) is 28.8 Å². The van der Waals surface area contributed by atoms with Crippen molar-refractivity contribution in [3.05, 3.63) is 95.3 Å². The van der Waals surface area contributed by atoms with Gasteiger partial charge in [0.2, 0.25) is 5.95 Å². The number of hydrogen-bond donors (Lipinski definition) is 1. The molecular formula is C27H24N4O4. The molecule has 0 aliphatic carbocycles. The Bertz CT molecular complexity index is 1430. The molecule has 8 heteroatoms. The summed E-state index contributed by atoms with van der Waals surface area (Å²) in [7, 11) is 4.97. The number of methoxy groups -OCH3 is 3. The van der Waals surface area contributed by atoms with E-state index in [-0.39, 0.29) is 6.04 Å². The number of hydrogen-bond acceptors (Lipinski definition) is 7. The lowest BCUT2D eigenvalue weighted by atomic mass is 9.84. The van der Waals surface area contributed by atoms with Gasteiger partial charge in [-0.25, -0.2) is 4.68 Å². The molecule has 35 heavy (non-hydrogen) atoms. The Morgan fingerprint density at radius 1 is 0.886 bits per heavy atom. The number of anilines is 1. The van der Waals surface area contributed by atoms with Crippen molar-refractivity contribution in [3.8, 4) is 23.0 Å². The predicted molar refractivity (Wildman–Crippen MR) is 131 cm³/mol. The minimum atomic E-state index is -0.470. The second-order valence-corrected chi connectivity index (χ2v) is 8.26. The highest BCUT2D eigenvalue weighted by Gasteiger charge is 2.42. The molecule has 6 rings (SSSR count). The molecular weight excluding hydrogens is 444 g/mol. The monoisotopic (exact) mass is 468 g/mol. The van der Waals surface area contributed by atoms with Gasteiger partial charge in [0.05, 0.1) is 27.0 Å². The molecule has 3 heterocycles. The van der Waals surface area contributed by atoms with Crippen molar-refractivity contribution in [2.45, 2.75) is 12.1 Å². The van der Waals surface area contributed by atoms with Gasteiger partial charge in [-0.05, 0) is 48.0 Å². The SMILES string of the molecule is COc1ccc([C@@H]2C3=C(Nc4ncnn42)c2ccccc2O[C@@H]3c2cc(OC)ccc2OC)cc1. The molecule has 0 saturated heterocycles. The predicted octanol–water partition coefficient (Wildman–Crippen LogP) is 4.86. The first-order chi connectivity index (χ1) is 17.2. The highest BCUT2D eigenvalue weighted by Crippen LogP contribution is 2.52. The molecule has 0 unspecified atom stereocenters. The topological polar surface area (TPSA) is 79.7 Å². The van der Waals surface area contributed by atoms with E-state index in [1.54, 1.807) is 27.7 Å². The lowest BCUT2D eigenvalue weighted by Gasteiger charge is -2.39. The third-order valence-electron chi connectivity index (χ3n) is 6.47. The van der Waals surface area contributed by atoms with E-state index < -0.39 is 6.10 Å². The van der Waals surface area contributed by atoms with Gasteiger partial charge in [0.15, 0.2) is 6.10 Å². The second-order valence-electron chi connectivity index (χ2n) is 8.26. The summed E-state index contributed by atoms with van der Waals surface area (Å²) in [5, 5.41) is 8.09. The van der Waals surface area contributed by atoms with Crippen molar-refractivity contribution in [1.82, 2.24) is 14.8 Å². The van der Waals surface area contributed by atoms with Crippen LogP contribution in [0.2, 0.25) is 0 Å². The molecule has 176 valence electrons. The van der Waals surface area contributed by atoms with Gasteiger partial charge in [-0.15, -0.1) is 0 Å². The van der Waals surface area contributed by atoms with Crippen molar-refractivity contribution >= 4 is 11.6 Å². The van der Waals surface area contributed by atoms with E-state index in [0.717, 1.165) is 45.2 Å². The zero-order valence-electron chi connectivity index (χ0n) is 19.6. The summed E-state index contributed by atoms with van der Waals surface area (Å²) in [5.41, 5.74) is 4.80. The standard InChI is InChI=1S/C27H24N4O4/c1-32-17-10-8-16(9-11-17)25-23-24(30-27-28-15-29-31(25)27)19-6-4-5-7-22(19)35-26(23)20-14-18(33-2)12-13-21(20)34-3/h4-15,25-26H,1-3H3,(H,28,29,30)/t25-,26-/m1/s1. The fourth-order valence-electron chi connectivity index (χ4n) is 4.83. The summed E-state index contributed by atoms with van der Waals surface area (Å²) in [5.74, 6) is 3.65. The number of para-hydroxylation sites is 1. The average molecular weight is 469 g/mol. The molecule has 0 bridgehead atoms. The zero-order valence-corrected chi connectivity index (χ0v) is 19.6. The fourth-order valence-corrected chi connectivity index (χ4v) is 4.83. The van der Waals surface area contributed by atoms with Gasteiger partial charge in [0.1, 0.15) is 35.4 Å². The Balaban J connectivity index is 1.62. The van der Waals surface area contributed by atoms with Crippen LogP contribution in [0.3, 0.4) is 0 Å². The van der Waals surface area contributed by atoms with Crippen LogP contribution in [-0.2, 0) is 0 Å². The Hall–Kier alpha value is -4.46. The lowest BCUT2D eigenvalue weighted by molar-refractivity contribution is 0.217. The molecule has 4 aromatic rings. The number of aromatic nitrogens is 3. The largest absolute Gasteiger partial charge is 0.497 e. The number of benzene rings is 3. The summed E-state index contributed by atoms with van der Waals surface area (Å²) in [6.45, 7) is 0. The summed E-state index contributed by atoms with van der Waals surface area (Å²) < 4.78 is 25.3. The summed E-state index contributed by atoms with van der Waals surface area (Å²) in [4.78, 5) is 4.49. The molecule has 0 saturated carbocycles.